The predicted molar refractivity (Wildman–Crippen MR) is 85.3 cm³/mol. The van der Waals surface area contributed by atoms with E-state index in [1.165, 1.54) is 19.3 Å². The van der Waals surface area contributed by atoms with Crippen molar-refractivity contribution >= 4 is 15.9 Å². The molecule has 0 bridgehead atoms. The van der Waals surface area contributed by atoms with Crippen LogP contribution in [-0.4, -0.2) is 30.6 Å². The smallest absolute Gasteiger partial charge is 0.127 e. The molecule has 1 unspecified atom stereocenters. The molecular weight excluding hydrogens is 319 g/mol. The van der Waals surface area contributed by atoms with Gasteiger partial charge in [-0.2, -0.15) is 0 Å². The van der Waals surface area contributed by atoms with Gasteiger partial charge in [0.15, 0.2) is 0 Å². The highest BCUT2D eigenvalue weighted by Gasteiger charge is 2.22. The van der Waals surface area contributed by atoms with Gasteiger partial charge in [-0.15, -0.1) is 0 Å². The Morgan fingerprint density at radius 3 is 3.05 bits per heavy atom. The average molecular weight is 343 g/mol. The second kappa shape index (κ2) is 8.11. The van der Waals surface area contributed by atoms with Crippen LogP contribution < -0.4 is 5.32 Å². The second-order valence-electron chi connectivity index (χ2n) is 5.56. The standard InChI is InChI=1S/C16H24BrFN2/c1-2-8-19-11-15-5-3-4-9-20(15)12-13-10-14(17)6-7-16(13)18/h6-7,10,15,19H,2-5,8-9,11-12H2,1H3. The third-order valence-electron chi connectivity index (χ3n) is 3.94. The minimum Gasteiger partial charge on any atom is -0.315 e. The summed E-state index contributed by atoms with van der Waals surface area (Å²) in [7, 11) is 0. The number of nitrogens with zero attached hydrogens (tertiary/aromatic N) is 1. The summed E-state index contributed by atoms with van der Waals surface area (Å²) >= 11 is 3.43. The van der Waals surface area contributed by atoms with Crippen LogP contribution in [0.2, 0.25) is 0 Å². The van der Waals surface area contributed by atoms with Crippen LogP contribution >= 0.6 is 15.9 Å². The van der Waals surface area contributed by atoms with Crippen molar-refractivity contribution < 1.29 is 4.39 Å². The van der Waals surface area contributed by atoms with E-state index in [1.54, 1.807) is 12.1 Å². The zero-order valence-corrected chi connectivity index (χ0v) is 13.8. The average Bonchev–Trinajstić information content (AvgIpc) is 2.45. The summed E-state index contributed by atoms with van der Waals surface area (Å²) < 4.78 is 14.8. The zero-order chi connectivity index (χ0) is 14.4. The number of benzene rings is 1. The molecule has 4 heteroatoms. The molecule has 20 heavy (non-hydrogen) atoms. The molecule has 1 N–H and O–H groups in total. The molecule has 2 nitrogen and oxygen atoms in total. The normalized spacial score (nSPS) is 20.2. The van der Waals surface area contributed by atoms with Gasteiger partial charge in [-0.05, 0) is 50.6 Å². The van der Waals surface area contributed by atoms with Gasteiger partial charge in [-0.3, -0.25) is 4.90 Å². The van der Waals surface area contributed by atoms with Gasteiger partial charge in [0, 0.05) is 29.2 Å². The summed E-state index contributed by atoms with van der Waals surface area (Å²) in [5, 5.41) is 3.50. The van der Waals surface area contributed by atoms with Gasteiger partial charge in [0.05, 0.1) is 0 Å². The molecule has 2 rings (SSSR count). The number of hydrogen-bond donors (Lipinski definition) is 1. The van der Waals surface area contributed by atoms with Crippen LogP contribution in [0.4, 0.5) is 4.39 Å². The van der Waals surface area contributed by atoms with Gasteiger partial charge in [-0.1, -0.05) is 29.3 Å². The fourth-order valence-corrected chi connectivity index (χ4v) is 3.24. The van der Waals surface area contributed by atoms with E-state index in [4.69, 9.17) is 0 Å². The van der Waals surface area contributed by atoms with Crippen molar-refractivity contribution in [1.29, 1.82) is 0 Å². The SMILES string of the molecule is CCCNCC1CCCCN1Cc1cc(Br)ccc1F. The van der Waals surface area contributed by atoms with Crippen LogP contribution in [-0.2, 0) is 6.54 Å². The topological polar surface area (TPSA) is 15.3 Å². The van der Waals surface area contributed by atoms with Gasteiger partial charge in [0.25, 0.3) is 0 Å². The fourth-order valence-electron chi connectivity index (χ4n) is 2.83. The van der Waals surface area contributed by atoms with Gasteiger partial charge in [0.2, 0.25) is 0 Å². The summed E-state index contributed by atoms with van der Waals surface area (Å²) in [6.07, 6.45) is 4.88. The lowest BCUT2D eigenvalue weighted by molar-refractivity contribution is 0.136. The number of piperidine rings is 1. The molecule has 0 aromatic heterocycles. The first-order valence-electron chi connectivity index (χ1n) is 7.59. The van der Waals surface area contributed by atoms with Crippen LogP contribution in [0.25, 0.3) is 0 Å². The van der Waals surface area contributed by atoms with Crippen molar-refractivity contribution in [3.63, 3.8) is 0 Å². The Bertz CT molecular complexity index is 425. The summed E-state index contributed by atoms with van der Waals surface area (Å²) in [4.78, 5) is 2.43. The Morgan fingerprint density at radius 1 is 1.40 bits per heavy atom. The van der Waals surface area contributed by atoms with Crippen molar-refractivity contribution in [2.45, 2.75) is 45.2 Å². The molecule has 0 aliphatic carbocycles. The number of hydrogen-bond acceptors (Lipinski definition) is 2. The van der Waals surface area contributed by atoms with Crippen LogP contribution in [0.5, 0.6) is 0 Å². The van der Waals surface area contributed by atoms with E-state index < -0.39 is 0 Å². The Balaban J connectivity index is 1.98. The van der Waals surface area contributed by atoms with Crippen molar-refractivity contribution in [2.24, 2.45) is 0 Å². The van der Waals surface area contributed by atoms with Crippen LogP contribution in [0.1, 0.15) is 38.2 Å². The quantitative estimate of drug-likeness (QED) is 0.787. The molecule has 0 saturated carbocycles. The molecule has 112 valence electrons. The number of likely N-dealkylation sites (tertiary alicyclic amines) is 1. The third-order valence-corrected chi connectivity index (χ3v) is 4.43. The van der Waals surface area contributed by atoms with E-state index in [9.17, 15) is 4.39 Å². The minimum atomic E-state index is -0.0981. The molecule has 1 heterocycles. The monoisotopic (exact) mass is 342 g/mol. The summed E-state index contributed by atoms with van der Waals surface area (Å²) in [6, 6.07) is 5.75. The maximum absolute atomic E-state index is 13.9. The van der Waals surface area contributed by atoms with Crippen molar-refractivity contribution in [1.82, 2.24) is 10.2 Å². The Morgan fingerprint density at radius 2 is 2.25 bits per heavy atom. The second-order valence-corrected chi connectivity index (χ2v) is 6.48. The van der Waals surface area contributed by atoms with E-state index in [1.807, 2.05) is 6.07 Å². The summed E-state index contributed by atoms with van der Waals surface area (Å²) in [5.74, 6) is -0.0981. The zero-order valence-electron chi connectivity index (χ0n) is 12.2. The molecule has 0 radical (unpaired) electrons. The summed E-state index contributed by atoms with van der Waals surface area (Å²) in [5.41, 5.74) is 0.793. The lowest BCUT2D eigenvalue weighted by Crippen LogP contribution is -2.45. The van der Waals surface area contributed by atoms with Gasteiger partial charge in [0.1, 0.15) is 5.82 Å². The Labute approximate surface area is 129 Å². The molecule has 1 saturated heterocycles. The number of rotatable bonds is 6. The first-order valence-corrected chi connectivity index (χ1v) is 8.38. The molecule has 1 aliphatic heterocycles. The number of halogens is 2. The molecule has 0 amide bonds. The van der Waals surface area contributed by atoms with Crippen molar-refractivity contribution in [3.05, 3.63) is 34.1 Å². The maximum atomic E-state index is 13.9. The molecule has 0 spiro atoms. The van der Waals surface area contributed by atoms with Gasteiger partial charge >= 0.3 is 0 Å². The van der Waals surface area contributed by atoms with Gasteiger partial charge < -0.3 is 5.32 Å². The molecule has 1 aromatic carbocycles. The van der Waals surface area contributed by atoms with E-state index in [0.717, 1.165) is 36.1 Å². The van der Waals surface area contributed by atoms with Crippen LogP contribution in [0.15, 0.2) is 22.7 Å². The molecule has 1 aromatic rings. The molecular formula is C16H24BrFN2. The first kappa shape index (κ1) is 15.9. The van der Waals surface area contributed by atoms with Crippen molar-refractivity contribution in [3.8, 4) is 0 Å². The largest absolute Gasteiger partial charge is 0.315 e. The van der Waals surface area contributed by atoms with Crippen LogP contribution in [0, 0.1) is 5.82 Å². The van der Waals surface area contributed by atoms with E-state index in [2.05, 4.69) is 33.1 Å². The van der Waals surface area contributed by atoms with E-state index >= 15 is 0 Å². The summed E-state index contributed by atoms with van der Waals surface area (Å²) in [6.45, 7) is 6.05. The minimum absolute atomic E-state index is 0.0981. The van der Waals surface area contributed by atoms with E-state index in [0.29, 0.717) is 12.6 Å². The third kappa shape index (κ3) is 4.54. The lowest BCUT2D eigenvalue weighted by Gasteiger charge is -2.36. The molecule has 1 aliphatic rings. The molecule has 1 fully saturated rings. The highest BCUT2D eigenvalue weighted by atomic mass is 79.9. The van der Waals surface area contributed by atoms with E-state index in [-0.39, 0.29) is 5.82 Å². The molecule has 1 atom stereocenters. The lowest BCUT2D eigenvalue weighted by atomic mass is 10.0. The predicted octanol–water partition coefficient (Wildman–Crippen LogP) is 3.94. The highest BCUT2D eigenvalue weighted by Crippen LogP contribution is 2.22. The number of nitrogens with one attached hydrogen (secondary N) is 1. The van der Waals surface area contributed by atoms with Gasteiger partial charge in [-0.25, -0.2) is 4.39 Å². The maximum Gasteiger partial charge on any atom is 0.127 e. The van der Waals surface area contributed by atoms with Crippen molar-refractivity contribution in [2.75, 3.05) is 19.6 Å². The fraction of sp³-hybridized carbons (Fsp3) is 0.625. The van der Waals surface area contributed by atoms with Crippen LogP contribution in [0.3, 0.4) is 0 Å². The first-order chi connectivity index (χ1) is 9.70. The highest BCUT2D eigenvalue weighted by molar-refractivity contribution is 9.10. The Hall–Kier alpha value is -0.450. The Kier molecular flexibility index (Phi) is 6.46.